The van der Waals surface area contributed by atoms with Gasteiger partial charge in [0.05, 0.1) is 4.92 Å². The minimum Gasteiger partial charge on any atom is -0.258 e. The van der Waals surface area contributed by atoms with Crippen LogP contribution in [0.2, 0.25) is 0 Å². The summed E-state index contributed by atoms with van der Waals surface area (Å²) in [5.74, 6) is -1.42. The second-order valence-electron chi connectivity index (χ2n) is 3.94. The van der Waals surface area contributed by atoms with E-state index in [-0.39, 0.29) is 11.3 Å². The molecule has 0 radical (unpaired) electrons. The predicted octanol–water partition coefficient (Wildman–Crippen LogP) is 3.85. The molecule has 0 saturated heterocycles. The van der Waals surface area contributed by atoms with E-state index >= 15 is 0 Å². The lowest BCUT2D eigenvalue weighted by Gasteiger charge is -2.05. The summed E-state index contributed by atoms with van der Waals surface area (Å²) in [6, 6.07) is 7.41. The molecule has 0 aliphatic rings. The van der Waals surface area contributed by atoms with Crippen molar-refractivity contribution in [3.8, 4) is 11.1 Å². The van der Waals surface area contributed by atoms with Crippen molar-refractivity contribution < 1.29 is 13.7 Å². The zero-order valence-corrected chi connectivity index (χ0v) is 9.48. The second kappa shape index (κ2) is 4.52. The van der Waals surface area contributed by atoms with Crippen LogP contribution in [0.1, 0.15) is 5.56 Å². The molecule has 5 heteroatoms. The van der Waals surface area contributed by atoms with Crippen LogP contribution < -0.4 is 0 Å². The molecule has 0 unspecified atom stereocenters. The molecular formula is C13H9F2NO2. The normalized spacial score (nSPS) is 10.4. The second-order valence-corrected chi connectivity index (χ2v) is 3.94. The van der Waals surface area contributed by atoms with Gasteiger partial charge in [0.25, 0.3) is 5.69 Å². The van der Waals surface area contributed by atoms with Crippen molar-refractivity contribution in [3.05, 3.63) is 63.7 Å². The summed E-state index contributed by atoms with van der Waals surface area (Å²) in [6.45, 7) is 1.68. The Morgan fingerprint density at radius 2 is 1.83 bits per heavy atom. The Kier molecular flexibility index (Phi) is 3.06. The number of aryl methyl sites for hydroxylation is 1. The number of nitrogens with zero attached hydrogens (tertiary/aromatic N) is 1. The smallest absolute Gasteiger partial charge is 0.258 e. The van der Waals surface area contributed by atoms with Gasteiger partial charge in [-0.25, -0.2) is 8.78 Å². The number of hydrogen-bond acceptors (Lipinski definition) is 2. The standard InChI is InChI=1S/C13H9F2NO2/c1-8-4-9(6-11(5-8)16(17)18)12-3-2-10(14)7-13(12)15/h2-7H,1H3. The van der Waals surface area contributed by atoms with E-state index < -0.39 is 16.6 Å². The molecule has 0 amide bonds. The zero-order valence-electron chi connectivity index (χ0n) is 9.48. The summed E-state index contributed by atoms with van der Waals surface area (Å²) in [6.07, 6.45) is 0. The van der Waals surface area contributed by atoms with Crippen LogP contribution in [0.4, 0.5) is 14.5 Å². The monoisotopic (exact) mass is 249 g/mol. The first-order valence-electron chi connectivity index (χ1n) is 5.19. The predicted molar refractivity (Wildman–Crippen MR) is 63.2 cm³/mol. The summed E-state index contributed by atoms with van der Waals surface area (Å²) in [7, 11) is 0. The molecule has 2 rings (SSSR count). The van der Waals surface area contributed by atoms with E-state index in [1.807, 2.05) is 0 Å². The third kappa shape index (κ3) is 2.34. The highest BCUT2D eigenvalue weighted by molar-refractivity contribution is 5.67. The largest absolute Gasteiger partial charge is 0.270 e. The van der Waals surface area contributed by atoms with Gasteiger partial charge >= 0.3 is 0 Å². The highest BCUT2D eigenvalue weighted by Crippen LogP contribution is 2.28. The van der Waals surface area contributed by atoms with Gasteiger partial charge in [-0.2, -0.15) is 0 Å². The first-order chi connectivity index (χ1) is 8.47. The van der Waals surface area contributed by atoms with Crippen molar-refractivity contribution in [3.63, 3.8) is 0 Å². The van der Waals surface area contributed by atoms with Crippen molar-refractivity contribution in [1.82, 2.24) is 0 Å². The van der Waals surface area contributed by atoms with Gasteiger partial charge in [-0.1, -0.05) is 6.07 Å². The van der Waals surface area contributed by atoms with Gasteiger partial charge in [0.1, 0.15) is 11.6 Å². The molecular weight excluding hydrogens is 240 g/mol. The van der Waals surface area contributed by atoms with Gasteiger partial charge in [0.15, 0.2) is 0 Å². The van der Waals surface area contributed by atoms with Gasteiger partial charge < -0.3 is 0 Å². The Hall–Kier alpha value is -2.30. The summed E-state index contributed by atoms with van der Waals surface area (Å²) < 4.78 is 26.4. The zero-order chi connectivity index (χ0) is 13.3. The fourth-order valence-corrected chi connectivity index (χ4v) is 1.75. The molecule has 0 saturated carbocycles. The number of hydrogen-bond donors (Lipinski definition) is 0. The van der Waals surface area contributed by atoms with E-state index in [0.717, 1.165) is 12.1 Å². The molecule has 92 valence electrons. The van der Waals surface area contributed by atoms with Gasteiger partial charge in [0.2, 0.25) is 0 Å². The van der Waals surface area contributed by atoms with E-state index in [2.05, 4.69) is 0 Å². The van der Waals surface area contributed by atoms with Crippen molar-refractivity contribution in [2.75, 3.05) is 0 Å². The maximum Gasteiger partial charge on any atom is 0.270 e. The van der Waals surface area contributed by atoms with E-state index in [0.29, 0.717) is 11.1 Å². The molecule has 2 aromatic rings. The lowest BCUT2D eigenvalue weighted by molar-refractivity contribution is -0.384. The molecule has 3 nitrogen and oxygen atoms in total. The number of rotatable bonds is 2. The summed E-state index contributed by atoms with van der Waals surface area (Å²) in [5, 5.41) is 10.7. The van der Waals surface area contributed by atoms with E-state index in [1.165, 1.54) is 18.2 Å². The average molecular weight is 249 g/mol. The average Bonchev–Trinajstić information content (AvgIpc) is 2.27. The van der Waals surface area contributed by atoms with Crippen LogP contribution in [0.5, 0.6) is 0 Å². The van der Waals surface area contributed by atoms with E-state index in [4.69, 9.17) is 0 Å². The van der Waals surface area contributed by atoms with Crippen LogP contribution in [0.25, 0.3) is 11.1 Å². The maximum absolute atomic E-state index is 13.6. The molecule has 0 aromatic heterocycles. The number of benzene rings is 2. The minimum atomic E-state index is -0.741. The Bertz CT molecular complexity index is 626. The third-order valence-corrected chi connectivity index (χ3v) is 2.52. The lowest BCUT2D eigenvalue weighted by atomic mass is 10.0. The highest BCUT2D eigenvalue weighted by Gasteiger charge is 2.12. The van der Waals surface area contributed by atoms with Crippen LogP contribution in [0, 0.1) is 28.7 Å². The molecule has 0 N–H and O–H groups in total. The Morgan fingerprint density at radius 3 is 2.44 bits per heavy atom. The minimum absolute atomic E-state index is 0.117. The summed E-state index contributed by atoms with van der Waals surface area (Å²) >= 11 is 0. The molecule has 0 fully saturated rings. The third-order valence-electron chi connectivity index (χ3n) is 2.52. The topological polar surface area (TPSA) is 43.1 Å². The summed E-state index contributed by atoms with van der Waals surface area (Å²) in [5.41, 5.74) is 1.03. The van der Waals surface area contributed by atoms with Crippen LogP contribution in [0.3, 0.4) is 0 Å². The molecule has 0 aliphatic carbocycles. The van der Waals surface area contributed by atoms with Crippen molar-refractivity contribution in [1.29, 1.82) is 0 Å². The summed E-state index contributed by atoms with van der Waals surface area (Å²) in [4.78, 5) is 10.2. The van der Waals surface area contributed by atoms with E-state index in [9.17, 15) is 18.9 Å². The van der Waals surface area contributed by atoms with Gasteiger partial charge in [0, 0.05) is 23.8 Å². The molecule has 0 aliphatic heterocycles. The SMILES string of the molecule is Cc1cc(-c2ccc(F)cc2F)cc([N+](=O)[O-])c1. The molecule has 0 bridgehead atoms. The number of non-ortho nitro benzene ring substituents is 1. The van der Waals surface area contributed by atoms with E-state index in [1.54, 1.807) is 13.0 Å². The first kappa shape index (κ1) is 12.2. The quantitative estimate of drug-likeness (QED) is 0.599. The lowest BCUT2D eigenvalue weighted by Crippen LogP contribution is -1.92. The number of halogens is 2. The maximum atomic E-state index is 13.6. The number of nitro groups is 1. The molecule has 0 atom stereocenters. The first-order valence-corrected chi connectivity index (χ1v) is 5.19. The Morgan fingerprint density at radius 1 is 1.11 bits per heavy atom. The Labute approximate surface area is 102 Å². The van der Waals surface area contributed by atoms with Crippen molar-refractivity contribution in [2.24, 2.45) is 0 Å². The van der Waals surface area contributed by atoms with Crippen molar-refractivity contribution >= 4 is 5.69 Å². The van der Waals surface area contributed by atoms with Gasteiger partial charge in [-0.15, -0.1) is 0 Å². The van der Waals surface area contributed by atoms with Gasteiger partial charge in [-0.3, -0.25) is 10.1 Å². The molecule has 18 heavy (non-hydrogen) atoms. The molecule has 0 heterocycles. The van der Waals surface area contributed by atoms with Crippen molar-refractivity contribution in [2.45, 2.75) is 6.92 Å². The highest BCUT2D eigenvalue weighted by atomic mass is 19.1. The van der Waals surface area contributed by atoms with Crippen LogP contribution in [-0.4, -0.2) is 4.92 Å². The van der Waals surface area contributed by atoms with Gasteiger partial charge in [-0.05, 0) is 30.2 Å². The van der Waals surface area contributed by atoms with Crippen LogP contribution in [0.15, 0.2) is 36.4 Å². The Balaban J connectivity index is 2.60. The van der Waals surface area contributed by atoms with Crippen LogP contribution >= 0.6 is 0 Å². The molecule has 2 aromatic carbocycles. The number of nitro benzene ring substituents is 1. The van der Waals surface area contributed by atoms with Crippen LogP contribution in [-0.2, 0) is 0 Å². The fraction of sp³-hybridized carbons (Fsp3) is 0.0769. The molecule has 0 spiro atoms. The fourth-order valence-electron chi connectivity index (χ4n) is 1.75.